The van der Waals surface area contributed by atoms with Crippen LogP contribution < -0.4 is 4.90 Å². The van der Waals surface area contributed by atoms with Gasteiger partial charge in [0.25, 0.3) is 0 Å². The fourth-order valence-electron chi connectivity index (χ4n) is 2.63. The molecule has 0 saturated carbocycles. The smallest absolute Gasteiger partial charge is 0.0642 e. The summed E-state index contributed by atoms with van der Waals surface area (Å²) in [6.07, 6.45) is 2.52. The fourth-order valence-corrected chi connectivity index (χ4v) is 3.29. The number of likely N-dealkylation sites (N-methyl/N-ethyl adjacent to an activating group) is 1. The topological polar surface area (TPSA) is 6.48 Å². The first-order valence-electron chi connectivity index (χ1n) is 6.37. The van der Waals surface area contributed by atoms with Crippen molar-refractivity contribution >= 4 is 33.2 Å². The largest absolute Gasteiger partial charge is 0.366 e. The van der Waals surface area contributed by atoms with Gasteiger partial charge in [0.2, 0.25) is 0 Å². The molecule has 1 heterocycles. The summed E-state index contributed by atoms with van der Waals surface area (Å²) in [6.45, 7) is 2.21. The van der Waals surface area contributed by atoms with Crippen LogP contribution in [0.15, 0.2) is 18.2 Å². The van der Waals surface area contributed by atoms with Gasteiger partial charge >= 0.3 is 0 Å². The highest BCUT2D eigenvalue weighted by Gasteiger charge is 2.26. The lowest BCUT2D eigenvalue weighted by Crippen LogP contribution is -2.37. The predicted molar refractivity (Wildman–Crippen MR) is 83.0 cm³/mol. The second-order valence-electron chi connectivity index (χ2n) is 5.17. The van der Waals surface area contributed by atoms with Crippen LogP contribution in [0.25, 0.3) is 0 Å². The number of alkyl halides is 1. The molecule has 4 heteroatoms. The molecule has 0 bridgehead atoms. The summed E-state index contributed by atoms with van der Waals surface area (Å²) in [5.74, 6) is 0. The third kappa shape index (κ3) is 3.19. The van der Waals surface area contributed by atoms with Gasteiger partial charge < -0.3 is 9.80 Å². The van der Waals surface area contributed by atoms with Crippen molar-refractivity contribution in [3.8, 4) is 0 Å². The van der Waals surface area contributed by atoms with Gasteiger partial charge in [0.1, 0.15) is 0 Å². The van der Waals surface area contributed by atoms with Gasteiger partial charge in [-0.25, -0.2) is 0 Å². The maximum atomic E-state index is 6.41. The number of benzene rings is 1. The Morgan fingerprint density at radius 2 is 2.22 bits per heavy atom. The molecule has 100 valence electrons. The molecule has 1 aromatic carbocycles. The first-order valence-corrected chi connectivity index (χ1v) is 7.87. The molecule has 2 rings (SSSR count). The van der Waals surface area contributed by atoms with E-state index < -0.39 is 0 Å². The number of hydrogen-bond acceptors (Lipinski definition) is 2. The van der Waals surface area contributed by atoms with Crippen LogP contribution in [-0.2, 0) is 5.33 Å². The van der Waals surface area contributed by atoms with Gasteiger partial charge in [0, 0.05) is 24.5 Å². The Hall–Kier alpha value is -0.250. The van der Waals surface area contributed by atoms with Crippen molar-refractivity contribution in [2.45, 2.75) is 24.2 Å². The Balaban J connectivity index is 2.19. The van der Waals surface area contributed by atoms with E-state index in [9.17, 15) is 0 Å². The Morgan fingerprint density at radius 3 is 2.83 bits per heavy atom. The van der Waals surface area contributed by atoms with E-state index in [1.807, 2.05) is 0 Å². The first-order chi connectivity index (χ1) is 8.61. The molecule has 18 heavy (non-hydrogen) atoms. The van der Waals surface area contributed by atoms with Gasteiger partial charge in [-0.1, -0.05) is 33.6 Å². The second kappa shape index (κ2) is 6.27. The predicted octanol–water partition coefficient (Wildman–Crippen LogP) is 3.77. The van der Waals surface area contributed by atoms with Gasteiger partial charge in [-0.15, -0.1) is 0 Å². The molecule has 0 spiro atoms. The first kappa shape index (κ1) is 14.2. The number of hydrogen-bond donors (Lipinski definition) is 0. The molecule has 1 saturated heterocycles. The Labute approximate surface area is 123 Å². The van der Waals surface area contributed by atoms with E-state index >= 15 is 0 Å². The van der Waals surface area contributed by atoms with Crippen LogP contribution in [-0.4, -0.2) is 38.1 Å². The zero-order chi connectivity index (χ0) is 13.1. The standard InChI is InChI=1S/C14H20BrClN2/c1-17(2)10-12-4-3-7-18(12)14-6-5-11(9-15)8-13(14)16/h5-6,8,12H,3-4,7,9-10H2,1-2H3. The number of rotatable bonds is 4. The molecule has 1 fully saturated rings. The third-order valence-corrected chi connectivity index (χ3v) is 4.38. The van der Waals surface area contributed by atoms with Gasteiger partial charge in [-0.3, -0.25) is 0 Å². The monoisotopic (exact) mass is 330 g/mol. The van der Waals surface area contributed by atoms with Crippen molar-refractivity contribution in [3.63, 3.8) is 0 Å². The summed E-state index contributed by atoms with van der Waals surface area (Å²) in [5.41, 5.74) is 2.41. The molecule has 1 aliphatic heterocycles. The van der Waals surface area contributed by atoms with Gasteiger partial charge in [-0.2, -0.15) is 0 Å². The molecule has 0 aliphatic carbocycles. The second-order valence-corrected chi connectivity index (χ2v) is 6.14. The minimum Gasteiger partial charge on any atom is -0.366 e. The average molecular weight is 332 g/mol. The van der Waals surface area contributed by atoms with E-state index in [2.05, 4.69) is 58.0 Å². The lowest BCUT2D eigenvalue weighted by Gasteiger charge is -2.29. The highest BCUT2D eigenvalue weighted by molar-refractivity contribution is 9.08. The van der Waals surface area contributed by atoms with Crippen molar-refractivity contribution in [1.82, 2.24) is 4.90 Å². The van der Waals surface area contributed by atoms with Crippen LogP contribution in [0.4, 0.5) is 5.69 Å². The molecule has 0 aromatic heterocycles. The zero-order valence-electron chi connectivity index (χ0n) is 11.0. The minimum atomic E-state index is 0.590. The highest BCUT2D eigenvalue weighted by atomic mass is 79.9. The van der Waals surface area contributed by atoms with E-state index in [0.29, 0.717) is 6.04 Å². The van der Waals surface area contributed by atoms with Crippen LogP contribution in [0.1, 0.15) is 18.4 Å². The normalized spacial score (nSPS) is 19.8. The summed E-state index contributed by atoms with van der Waals surface area (Å²) in [6, 6.07) is 6.97. The molecular formula is C14H20BrClN2. The van der Waals surface area contributed by atoms with Crippen molar-refractivity contribution in [1.29, 1.82) is 0 Å². The summed E-state index contributed by atoms with van der Waals surface area (Å²) >= 11 is 9.88. The summed E-state index contributed by atoms with van der Waals surface area (Å²) in [5, 5.41) is 1.73. The van der Waals surface area contributed by atoms with E-state index in [-0.39, 0.29) is 0 Å². The Bertz CT molecular complexity index is 409. The third-order valence-electron chi connectivity index (χ3n) is 3.43. The van der Waals surface area contributed by atoms with Gasteiger partial charge in [0.15, 0.2) is 0 Å². The number of halogens is 2. The van der Waals surface area contributed by atoms with Crippen molar-refractivity contribution < 1.29 is 0 Å². The maximum Gasteiger partial charge on any atom is 0.0642 e. The van der Waals surface area contributed by atoms with E-state index in [1.165, 1.54) is 24.1 Å². The van der Waals surface area contributed by atoms with Crippen LogP contribution in [0.3, 0.4) is 0 Å². The summed E-state index contributed by atoms with van der Waals surface area (Å²) < 4.78 is 0. The van der Waals surface area contributed by atoms with E-state index in [0.717, 1.165) is 23.4 Å². The zero-order valence-corrected chi connectivity index (χ0v) is 13.3. The average Bonchev–Trinajstić information content (AvgIpc) is 2.76. The molecule has 1 unspecified atom stereocenters. The Kier molecular flexibility index (Phi) is 4.93. The van der Waals surface area contributed by atoms with Crippen LogP contribution in [0.2, 0.25) is 5.02 Å². The SMILES string of the molecule is CN(C)CC1CCCN1c1ccc(CBr)cc1Cl. The summed E-state index contributed by atoms with van der Waals surface area (Å²) in [4.78, 5) is 4.71. The molecular weight excluding hydrogens is 312 g/mol. The molecule has 0 amide bonds. The lowest BCUT2D eigenvalue weighted by atomic mass is 10.1. The molecule has 1 atom stereocenters. The molecule has 0 radical (unpaired) electrons. The van der Waals surface area contributed by atoms with Crippen LogP contribution >= 0.6 is 27.5 Å². The van der Waals surface area contributed by atoms with Crippen molar-refractivity contribution in [3.05, 3.63) is 28.8 Å². The number of nitrogens with zero attached hydrogens (tertiary/aromatic N) is 2. The molecule has 1 aromatic rings. The molecule has 1 aliphatic rings. The fraction of sp³-hybridized carbons (Fsp3) is 0.571. The van der Waals surface area contributed by atoms with E-state index in [4.69, 9.17) is 11.6 Å². The lowest BCUT2D eigenvalue weighted by molar-refractivity contribution is 0.372. The van der Waals surface area contributed by atoms with Crippen LogP contribution in [0.5, 0.6) is 0 Å². The van der Waals surface area contributed by atoms with Gasteiger partial charge in [-0.05, 0) is 44.6 Å². The molecule has 0 N–H and O–H groups in total. The Morgan fingerprint density at radius 1 is 1.44 bits per heavy atom. The summed E-state index contributed by atoms with van der Waals surface area (Å²) in [7, 11) is 4.26. The van der Waals surface area contributed by atoms with Crippen LogP contribution in [0, 0.1) is 0 Å². The number of anilines is 1. The van der Waals surface area contributed by atoms with E-state index in [1.54, 1.807) is 0 Å². The van der Waals surface area contributed by atoms with Gasteiger partial charge in [0.05, 0.1) is 10.7 Å². The minimum absolute atomic E-state index is 0.590. The quantitative estimate of drug-likeness (QED) is 0.775. The highest BCUT2D eigenvalue weighted by Crippen LogP contribution is 2.33. The van der Waals surface area contributed by atoms with Crippen molar-refractivity contribution in [2.75, 3.05) is 32.1 Å². The molecule has 2 nitrogen and oxygen atoms in total. The maximum absolute atomic E-state index is 6.41. The van der Waals surface area contributed by atoms with Crippen molar-refractivity contribution in [2.24, 2.45) is 0 Å².